The summed E-state index contributed by atoms with van der Waals surface area (Å²) in [5, 5.41) is 17.9. The van der Waals surface area contributed by atoms with E-state index < -0.39 is 23.3 Å². The molecule has 0 aliphatic heterocycles. The van der Waals surface area contributed by atoms with E-state index in [4.69, 9.17) is 4.74 Å². The van der Waals surface area contributed by atoms with Crippen LogP contribution in [0, 0.1) is 30.9 Å². The summed E-state index contributed by atoms with van der Waals surface area (Å²) < 4.78 is 6.66. The van der Waals surface area contributed by atoms with Gasteiger partial charge in [-0.05, 0) is 48.9 Å². The van der Waals surface area contributed by atoms with Crippen molar-refractivity contribution in [3.8, 4) is 11.7 Å². The van der Waals surface area contributed by atoms with Crippen LogP contribution in [0.3, 0.4) is 0 Å². The zero-order chi connectivity index (χ0) is 20.3. The fraction of sp³-hybridized carbons (Fsp3) is 0.235. The summed E-state index contributed by atoms with van der Waals surface area (Å²) >= 11 is 0. The molecular formula is C17H17N7O4. The minimum absolute atomic E-state index is 0.0926. The average Bonchev–Trinajstić information content (AvgIpc) is 2.99. The lowest BCUT2D eigenvalue weighted by atomic mass is 10.4. The first kappa shape index (κ1) is 18.9. The topological polar surface area (TPSA) is 138 Å². The van der Waals surface area contributed by atoms with Crippen molar-refractivity contribution in [3.63, 3.8) is 0 Å². The molecule has 3 aromatic rings. The van der Waals surface area contributed by atoms with Crippen molar-refractivity contribution < 1.29 is 14.5 Å². The van der Waals surface area contributed by atoms with Gasteiger partial charge in [-0.15, -0.1) is 0 Å². The van der Waals surface area contributed by atoms with Crippen LogP contribution >= 0.6 is 0 Å². The Morgan fingerprint density at radius 2 is 1.93 bits per heavy atom. The Balaban J connectivity index is 1.76. The van der Waals surface area contributed by atoms with Gasteiger partial charge in [0.1, 0.15) is 12.0 Å². The number of anilines is 1. The lowest BCUT2D eigenvalue weighted by Crippen LogP contribution is -2.22. The minimum Gasteiger partial charge on any atom is -0.476 e. The van der Waals surface area contributed by atoms with Gasteiger partial charge in [-0.1, -0.05) is 0 Å². The van der Waals surface area contributed by atoms with Gasteiger partial charge in [0.2, 0.25) is 5.75 Å². The van der Waals surface area contributed by atoms with Crippen LogP contribution in [0.1, 0.15) is 17.1 Å². The van der Waals surface area contributed by atoms with E-state index in [1.807, 2.05) is 19.9 Å². The third kappa shape index (κ3) is 4.26. The van der Waals surface area contributed by atoms with Crippen molar-refractivity contribution in [2.75, 3.05) is 11.9 Å². The molecular weight excluding hydrogens is 366 g/mol. The number of hydrogen-bond donors (Lipinski definition) is 1. The first-order valence-corrected chi connectivity index (χ1v) is 8.25. The highest BCUT2D eigenvalue weighted by atomic mass is 16.6. The molecule has 0 atom stereocenters. The number of carbonyl (C=O) groups excluding carboxylic acids is 1. The molecule has 144 valence electrons. The largest absolute Gasteiger partial charge is 0.476 e. The van der Waals surface area contributed by atoms with Crippen LogP contribution in [-0.2, 0) is 4.79 Å². The van der Waals surface area contributed by atoms with Crippen LogP contribution in [0.15, 0.2) is 30.5 Å². The number of amides is 1. The van der Waals surface area contributed by atoms with E-state index in [0.717, 1.165) is 11.4 Å². The number of nitrogens with one attached hydrogen (secondary N) is 1. The third-order valence-electron chi connectivity index (χ3n) is 3.54. The maximum atomic E-state index is 12.3. The van der Waals surface area contributed by atoms with E-state index in [1.54, 1.807) is 13.0 Å². The maximum absolute atomic E-state index is 12.3. The van der Waals surface area contributed by atoms with Crippen molar-refractivity contribution in [1.29, 1.82) is 0 Å². The number of hydrogen-bond acceptors (Lipinski definition) is 8. The molecule has 3 rings (SSSR count). The summed E-state index contributed by atoms with van der Waals surface area (Å²) in [7, 11) is 0. The normalized spacial score (nSPS) is 10.5. The second-order valence-electron chi connectivity index (χ2n) is 5.95. The second-order valence-corrected chi connectivity index (χ2v) is 5.95. The SMILES string of the molecule is Cc1cc(C)nc(-n2nc(C)cc2NC(=O)COc2cccnc2[N+](=O)[O-])n1. The van der Waals surface area contributed by atoms with Gasteiger partial charge in [-0.25, -0.2) is 9.97 Å². The number of nitro groups is 1. The number of nitrogens with zero attached hydrogens (tertiary/aromatic N) is 6. The Bertz CT molecular complexity index is 1030. The Hall–Kier alpha value is -3.89. The molecule has 0 radical (unpaired) electrons. The summed E-state index contributed by atoms with van der Waals surface area (Å²) in [6, 6.07) is 6.34. The molecule has 0 bridgehead atoms. The second kappa shape index (κ2) is 7.78. The van der Waals surface area contributed by atoms with Crippen molar-refractivity contribution in [3.05, 3.63) is 57.7 Å². The van der Waals surface area contributed by atoms with E-state index in [1.165, 1.54) is 23.0 Å². The Kier molecular flexibility index (Phi) is 5.25. The summed E-state index contributed by atoms with van der Waals surface area (Å²) in [6.45, 7) is 5.00. The van der Waals surface area contributed by atoms with E-state index in [2.05, 4.69) is 25.4 Å². The van der Waals surface area contributed by atoms with Gasteiger partial charge in [-0.2, -0.15) is 9.78 Å². The van der Waals surface area contributed by atoms with Crippen molar-refractivity contribution in [2.24, 2.45) is 0 Å². The van der Waals surface area contributed by atoms with Gasteiger partial charge in [0.15, 0.2) is 6.61 Å². The zero-order valence-electron chi connectivity index (χ0n) is 15.4. The standard InChI is InChI=1S/C17H17N7O4/c1-10-7-11(2)20-17(19-10)23-14(8-12(3)22-23)21-15(25)9-28-13-5-4-6-18-16(13)24(26)27/h4-8H,9H2,1-3H3,(H,21,25). The van der Waals surface area contributed by atoms with Crippen molar-refractivity contribution >= 4 is 17.5 Å². The Morgan fingerprint density at radius 1 is 1.21 bits per heavy atom. The molecule has 0 spiro atoms. The van der Waals surface area contributed by atoms with E-state index in [0.29, 0.717) is 17.5 Å². The molecule has 0 unspecified atom stereocenters. The molecule has 3 heterocycles. The first-order valence-electron chi connectivity index (χ1n) is 8.25. The molecule has 0 saturated carbocycles. The van der Waals surface area contributed by atoms with Crippen LogP contribution in [0.5, 0.6) is 5.75 Å². The number of aryl methyl sites for hydroxylation is 3. The maximum Gasteiger partial charge on any atom is 0.406 e. The van der Waals surface area contributed by atoms with Crippen LogP contribution < -0.4 is 10.1 Å². The average molecular weight is 383 g/mol. The molecule has 0 saturated heterocycles. The number of ether oxygens (including phenoxy) is 1. The van der Waals surface area contributed by atoms with E-state index in [9.17, 15) is 14.9 Å². The number of pyridine rings is 1. The van der Waals surface area contributed by atoms with Gasteiger partial charge in [0.05, 0.1) is 5.69 Å². The zero-order valence-corrected chi connectivity index (χ0v) is 15.4. The molecule has 11 heteroatoms. The molecule has 11 nitrogen and oxygen atoms in total. The quantitative estimate of drug-likeness (QED) is 0.503. The first-order chi connectivity index (χ1) is 13.3. The van der Waals surface area contributed by atoms with Crippen LogP contribution in [0.25, 0.3) is 5.95 Å². The summed E-state index contributed by atoms with van der Waals surface area (Å²) in [5.41, 5.74) is 2.18. The highest BCUT2D eigenvalue weighted by molar-refractivity contribution is 5.91. The lowest BCUT2D eigenvalue weighted by Gasteiger charge is -2.09. The van der Waals surface area contributed by atoms with E-state index >= 15 is 0 Å². The predicted octanol–water partition coefficient (Wildman–Crippen LogP) is 1.91. The summed E-state index contributed by atoms with van der Waals surface area (Å²) in [6.07, 6.45) is 1.27. The molecule has 1 N–H and O–H groups in total. The molecule has 1 amide bonds. The monoisotopic (exact) mass is 383 g/mol. The fourth-order valence-electron chi connectivity index (χ4n) is 2.50. The molecule has 28 heavy (non-hydrogen) atoms. The molecule has 3 aromatic heterocycles. The smallest absolute Gasteiger partial charge is 0.406 e. The Labute approximate surface area is 159 Å². The van der Waals surface area contributed by atoms with Gasteiger partial charge in [0, 0.05) is 17.5 Å². The van der Waals surface area contributed by atoms with E-state index in [-0.39, 0.29) is 5.75 Å². The lowest BCUT2D eigenvalue weighted by molar-refractivity contribution is -0.390. The molecule has 0 aromatic carbocycles. The Morgan fingerprint density at radius 3 is 2.61 bits per heavy atom. The van der Waals surface area contributed by atoms with Gasteiger partial charge >= 0.3 is 5.82 Å². The molecule has 0 fully saturated rings. The van der Waals surface area contributed by atoms with Gasteiger partial charge < -0.3 is 20.2 Å². The number of carbonyl (C=O) groups is 1. The number of aromatic nitrogens is 5. The molecule has 0 aliphatic carbocycles. The highest BCUT2D eigenvalue weighted by Crippen LogP contribution is 2.23. The van der Waals surface area contributed by atoms with Gasteiger partial charge in [0.25, 0.3) is 11.9 Å². The molecule has 0 aliphatic rings. The van der Waals surface area contributed by atoms with Crippen LogP contribution in [0.2, 0.25) is 0 Å². The van der Waals surface area contributed by atoms with Crippen LogP contribution in [0.4, 0.5) is 11.6 Å². The summed E-state index contributed by atoms with van der Waals surface area (Å²) in [5.74, 6) is -0.394. The minimum atomic E-state index is -0.678. The third-order valence-corrected chi connectivity index (χ3v) is 3.54. The van der Waals surface area contributed by atoms with Crippen LogP contribution in [-0.4, -0.2) is 42.2 Å². The van der Waals surface area contributed by atoms with Gasteiger partial charge in [-0.3, -0.25) is 4.79 Å². The van der Waals surface area contributed by atoms with Crippen molar-refractivity contribution in [2.45, 2.75) is 20.8 Å². The summed E-state index contributed by atoms with van der Waals surface area (Å²) in [4.78, 5) is 34.9. The predicted molar refractivity (Wildman–Crippen MR) is 98.4 cm³/mol. The fourth-order valence-corrected chi connectivity index (χ4v) is 2.50. The highest BCUT2D eigenvalue weighted by Gasteiger charge is 2.18. The van der Waals surface area contributed by atoms with Crippen molar-refractivity contribution in [1.82, 2.24) is 24.7 Å². The number of rotatable bonds is 6.